The van der Waals surface area contributed by atoms with E-state index in [9.17, 15) is 0 Å². The van der Waals surface area contributed by atoms with Gasteiger partial charge >= 0.3 is 0 Å². The molecule has 2 aromatic rings. The third kappa shape index (κ3) is 3.08. The molecule has 0 unspecified atom stereocenters. The molecule has 0 spiro atoms. The summed E-state index contributed by atoms with van der Waals surface area (Å²) in [6.07, 6.45) is 0. The number of halogens is 4. The summed E-state index contributed by atoms with van der Waals surface area (Å²) in [5.41, 5.74) is 3.08. The van der Waals surface area contributed by atoms with Gasteiger partial charge < -0.3 is 0 Å². The maximum Gasteiger partial charge on any atom is 0.0671 e. The van der Waals surface area contributed by atoms with Crippen molar-refractivity contribution in [1.82, 2.24) is 0 Å². The Hall–Kier alpha value is 0.0400. The minimum Gasteiger partial charge on any atom is -0.0843 e. The fraction of sp³-hybridized carbons (Fsp3) is 0.0769. The van der Waals surface area contributed by atoms with Gasteiger partial charge in [0.2, 0.25) is 0 Å². The molecule has 0 amide bonds. The summed E-state index contributed by atoms with van der Waals surface area (Å²) in [5, 5.41) is 1.61. The van der Waals surface area contributed by atoms with Crippen LogP contribution in [-0.4, -0.2) is 0 Å². The average molecular weight is 397 g/mol. The summed E-state index contributed by atoms with van der Waals surface area (Å²) < 4.78 is 1.16. The fourth-order valence-electron chi connectivity index (χ4n) is 1.66. The van der Waals surface area contributed by atoms with E-state index in [1.165, 1.54) is 5.56 Å². The summed E-state index contributed by atoms with van der Waals surface area (Å²) >= 11 is 20.5. The maximum absolute atomic E-state index is 6.21. The summed E-state index contributed by atoms with van der Waals surface area (Å²) in [4.78, 5) is 0. The highest BCUT2D eigenvalue weighted by molar-refractivity contribution is 14.1. The van der Waals surface area contributed by atoms with Crippen LogP contribution < -0.4 is 0 Å². The molecule has 0 aliphatic carbocycles. The largest absolute Gasteiger partial charge is 0.0843 e. The molecule has 0 aliphatic heterocycles. The van der Waals surface area contributed by atoms with Gasteiger partial charge in [0.05, 0.1) is 10.0 Å². The summed E-state index contributed by atoms with van der Waals surface area (Å²) in [6, 6.07) is 9.71. The molecule has 0 heterocycles. The summed E-state index contributed by atoms with van der Waals surface area (Å²) in [7, 11) is 0. The van der Waals surface area contributed by atoms with Crippen molar-refractivity contribution >= 4 is 57.4 Å². The number of benzene rings is 2. The maximum atomic E-state index is 6.21. The fourth-order valence-corrected chi connectivity index (χ4v) is 3.20. The van der Waals surface area contributed by atoms with E-state index in [4.69, 9.17) is 34.8 Å². The topological polar surface area (TPSA) is 0 Å². The second-order valence-electron chi connectivity index (χ2n) is 3.77. The molecule has 0 saturated carbocycles. The predicted octanol–water partition coefficient (Wildman–Crippen LogP) is 6.23. The Morgan fingerprint density at radius 1 is 0.941 bits per heavy atom. The lowest BCUT2D eigenvalue weighted by Gasteiger charge is -2.09. The van der Waals surface area contributed by atoms with Crippen LogP contribution in [0.3, 0.4) is 0 Å². The molecule has 2 rings (SSSR count). The highest BCUT2D eigenvalue weighted by Gasteiger charge is 2.10. The van der Waals surface area contributed by atoms with Gasteiger partial charge in [-0.15, -0.1) is 0 Å². The molecule has 0 saturated heterocycles. The van der Waals surface area contributed by atoms with Crippen molar-refractivity contribution in [1.29, 1.82) is 0 Å². The Morgan fingerprint density at radius 2 is 1.65 bits per heavy atom. The predicted molar refractivity (Wildman–Crippen MR) is 84.4 cm³/mol. The van der Waals surface area contributed by atoms with E-state index in [0.29, 0.717) is 15.1 Å². The zero-order valence-electron chi connectivity index (χ0n) is 8.90. The monoisotopic (exact) mass is 396 g/mol. The minimum absolute atomic E-state index is 0.477. The number of rotatable bonds is 1. The van der Waals surface area contributed by atoms with E-state index in [-0.39, 0.29) is 0 Å². The van der Waals surface area contributed by atoms with Gasteiger partial charge in [-0.2, -0.15) is 0 Å². The number of aryl methyl sites for hydroxylation is 1. The molecule has 88 valence electrons. The first kappa shape index (κ1) is 13.5. The van der Waals surface area contributed by atoms with Crippen LogP contribution in [0.2, 0.25) is 15.1 Å². The molecule has 0 fully saturated rings. The van der Waals surface area contributed by atoms with Crippen molar-refractivity contribution in [2.45, 2.75) is 6.92 Å². The second kappa shape index (κ2) is 5.35. The molecular formula is C13H8Cl3I. The normalized spacial score (nSPS) is 10.6. The van der Waals surface area contributed by atoms with Crippen LogP contribution in [0, 0.1) is 10.5 Å². The van der Waals surface area contributed by atoms with Crippen molar-refractivity contribution in [3.05, 3.63) is 54.5 Å². The van der Waals surface area contributed by atoms with Crippen molar-refractivity contribution in [3.63, 3.8) is 0 Å². The molecule has 17 heavy (non-hydrogen) atoms. The first-order chi connectivity index (χ1) is 7.97. The molecule has 0 atom stereocenters. The van der Waals surface area contributed by atoms with Gasteiger partial charge in [0.1, 0.15) is 0 Å². The molecule has 0 aliphatic rings. The van der Waals surface area contributed by atoms with Gasteiger partial charge in [0, 0.05) is 14.2 Å². The van der Waals surface area contributed by atoms with Crippen LogP contribution in [0.1, 0.15) is 5.56 Å². The number of hydrogen-bond acceptors (Lipinski definition) is 0. The van der Waals surface area contributed by atoms with E-state index in [2.05, 4.69) is 40.8 Å². The van der Waals surface area contributed by atoms with E-state index < -0.39 is 0 Å². The van der Waals surface area contributed by atoms with Gasteiger partial charge in [-0.3, -0.25) is 0 Å². The van der Waals surface area contributed by atoms with Crippen molar-refractivity contribution in [2.75, 3.05) is 0 Å². The molecule has 4 heteroatoms. The van der Waals surface area contributed by atoms with Crippen LogP contribution >= 0.6 is 57.4 Å². The van der Waals surface area contributed by atoms with E-state index in [0.717, 1.165) is 14.7 Å². The smallest absolute Gasteiger partial charge is 0.0671 e. The minimum atomic E-state index is 0.477. The molecule has 0 nitrogen and oxygen atoms in total. The van der Waals surface area contributed by atoms with Gasteiger partial charge in [-0.1, -0.05) is 40.9 Å². The molecule has 0 radical (unpaired) electrons. The molecule has 0 aromatic heterocycles. The first-order valence-electron chi connectivity index (χ1n) is 4.89. The van der Waals surface area contributed by atoms with E-state index in [1.54, 1.807) is 6.07 Å². The lowest BCUT2D eigenvalue weighted by Crippen LogP contribution is -1.85. The van der Waals surface area contributed by atoms with Gasteiger partial charge in [0.15, 0.2) is 0 Å². The van der Waals surface area contributed by atoms with Crippen LogP contribution in [0.5, 0.6) is 0 Å². The average Bonchev–Trinajstić information content (AvgIpc) is 2.22. The lowest BCUT2D eigenvalue weighted by molar-refractivity contribution is 1.44. The molecule has 2 aromatic carbocycles. The Kier molecular flexibility index (Phi) is 4.24. The van der Waals surface area contributed by atoms with Crippen molar-refractivity contribution in [3.8, 4) is 11.1 Å². The third-order valence-corrected chi connectivity index (χ3v) is 3.99. The Morgan fingerprint density at radius 3 is 2.29 bits per heavy atom. The van der Waals surface area contributed by atoms with Crippen LogP contribution in [0.25, 0.3) is 11.1 Å². The highest BCUT2D eigenvalue weighted by Crippen LogP contribution is 2.37. The van der Waals surface area contributed by atoms with Crippen molar-refractivity contribution < 1.29 is 0 Å². The number of hydrogen-bond donors (Lipinski definition) is 0. The zero-order chi connectivity index (χ0) is 12.6. The van der Waals surface area contributed by atoms with Crippen molar-refractivity contribution in [2.24, 2.45) is 0 Å². The van der Waals surface area contributed by atoms with Crippen LogP contribution in [0.15, 0.2) is 30.3 Å². The Bertz CT molecular complexity index is 559. The summed E-state index contributed by atoms with van der Waals surface area (Å²) in [6.45, 7) is 2.05. The highest BCUT2D eigenvalue weighted by atomic mass is 127. The zero-order valence-corrected chi connectivity index (χ0v) is 13.3. The second-order valence-corrected chi connectivity index (χ2v) is 6.23. The Balaban J connectivity index is 2.67. The van der Waals surface area contributed by atoms with Crippen LogP contribution in [-0.2, 0) is 0 Å². The van der Waals surface area contributed by atoms with E-state index in [1.807, 2.05) is 13.0 Å². The van der Waals surface area contributed by atoms with Gasteiger partial charge in [-0.05, 0) is 64.9 Å². The summed E-state index contributed by atoms with van der Waals surface area (Å²) in [5.74, 6) is 0. The van der Waals surface area contributed by atoms with Gasteiger partial charge in [0.25, 0.3) is 0 Å². The first-order valence-corrected chi connectivity index (χ1v) is 7.11. The Labute approximate surface area is 129 Å². The SMILES string of the molecule is Cc1cc(I)cc(-c2cc(Cl)cc(Cl)c2Cl)c1. The van der Waals surface area contributed by atoms with Gasteiger partial charge in [-0.25, -0.2) is 0 Å². The molecule has 0 N–H and O–H groups in total. The molecular weight excluding hydrogens is 389 g/mol. The van der Waals surface area contributed by atoms with E-state index >= 15 is 0 Å². The third-order valence-electron chi connectivity index (χ3n) is 2.35. The quantitative estimate of drug-likeness (QED) is 0.395. The molecule has 0 bridgehead atoms. The lowest BCUT2D eigenvalue weighted by atomic mass is 10.0. The standard InChI is InChI=1S/C13H8Cl3I/c1-7-2-8(4-10(17)3-7)11-5-9(14)6-12(15)13(11)16/h2-6H,1H3. The van der Waals surface area contributed by atoms with Crippen LogP contribution in [0.4, 0.5) is 0 Å².